The third-order valence-electron chi connectivity index (χ3n) is 3.03. The maximum atomic E-state index is 11.0. The van der Waals surface area contributed by atoms with Gasteiger partial charge in [0.25, 0.3) is 0 Å². The van der Waals surface area contributed by atoms with Crippen molar-refractivity contribution in [2.45, 2.75) is 26.2 Å². The Balaban J connectivity index is 2.61. The van der Waals surface area contributed by atoms with Crippen LogP contribution in [0.2, 0.25) is 0 Å². The van der Waals surface area contributed by atoms with Crippen LogP contribution in [0.15, 0.2) is 36.4 Å². The molecule has 2 aromatic carbocycles. The quantitative estimate of drug-likeness (QED) is 0.695. The molecule has 0 saturated carbocycles. The Labute approximate surface area is 96.1 Å². The number of carbonyl (C=O) groups excluding carboxylic acids is 1. The van der Waals surface area contributed by atoms with Crippen molar-refractivity contribution in [1.82, 2.24) is 0 Å². The molecule has 0 bridgehead atoms. The van der Waals surface area contributed by atoms with Gasteiger partial charge in [-0.15, -0.1) is 0 Å². The number of aryl methyl sites for hydroxylation is 1. The van der Waals surface area contributed by atoms with Gasteiger partial charge in [0.05, 0.1) is 0 Å². The van der Waals surface area contributed by atoms with E-state index >= 15 is 0 Å². The molecule has 82 valence electrons. The summed E-state index contributed by atoms with van der Waals surface area (Å²) in [6, 6.07) is 12.6. The van der Waals surface area contributed by atoms with Crippen LogP contribution in [0.25, 0.3) is 10.8 Å². The summed E-state index contributed by atoms with van der Waals surface area (Å²) in [5, 5.41) is 2.42. The van der Waals surface area contributed by atoms with E-state index in [1.165, 1.54) is 16.3 Å². The zero-order valence-electron chi connectivity index (χ0n) is 9.95. The number of fused-ring (bicyclic) bond motifs is 1. The van der Waals surface area contributed by atoms with Gasteiger partial charge in [-0.1, -0.05) is 42.0 Å². The molecule has 0 aliphatic carbocycles. The minimum Gasteiger partial charge on any atom is -0.302 e. The van der Waals surface area contributed by atoms with Gasteiger partial charge in [-0.25, -0.2) is 0 Å². The van der Waals surface area contributed by atoms with E-state index in [9.17, 15) is 4.79 Å². The van der Waals surface area contributed by atoms with Crippen LogP contribution in [0.4, 0.5) is 0 Å². The molecule has 1 nitrogen and oxygen atoms in total. The Bertz CT molecular complexity index is 538. The van der Waals surface area contributed by atoms with E-state index < -0.39 is 5.41 Å². The third-order valence-corrected chi connectivity index (χ3v) is 3.03. The van der Waals surface area contributed by atoms with E-state index in [4.69, 9.17) is 0 Å². The first-order valence-corrected chi connectivity index (χ1v) is 5.50. The van der Waals surface area contributed by atoms with E-state index in [1.807, 2.05) is 19.9 Å². The minimum absolute atomic E-state index is 0.404. The van der Waals surface area contributed by atoms with Crippen LogP contribution in [-0.4, -0.2) is 6.29 Å². The minimum atomic E-state index is -0.404. The molecular weight excluding hydrogens is 196 g/mol. The van der Waals surface area contributed by atoms with E-state index in [0.29, 0.717) is 0 Å². The Morgan fingerprint density at radius 1 is 1.00 bits per heavy atom. The molecule has 2 aromatic rings. The number of aldehydes is 1. The van der Waals surface area contributed by atoms with Crippen molar-refractivity contribution in [2.75, 3.05) is 0 Å². The van der Waals surface area contributed by atoms with Crippen molar-refractivity contribution in [1.29, 1.82) is 0 Å². The highest BCUT2D eigenvalue weighted by molar-refractivity contribution is 5.85. The summed E-state index contributed by atoms with van der Waals surface area (Å²) in [4.78, 5) is 11.0. The molecule has 0 fully saturated rings. The average Bonchev–Trinajstić information content (AvgIpc) is 2.28. The average molecular weight is 212 g/mol. The van der Waals surface area contributed by atoms with Gasteiger partial charge in [-0.3, -0.25) is 0 Å². The molecule has 0 N–H and O–H groups in total. The fourth-order valence-electron chi connectivity index (χ4n) is 1.83. The zero-order valence-corrected chi connectivity index (χ0v) is 9.95. The molecule has 0 radical (unpaired) electrons. The van der Waals surface area contributed by atoms with Gasteiger partial charge >= 0.3 is 0 Å². The number of hydrogen-bond donors (Lipinski definition) is 0. The second-order valence-corrected chi connectivity index (χ2v) is 4.90. The topological polar surface area (TPSA) is 17.1 Å². The zero-order chi connectivity index (χ0) is 11.8. The van der Waals surface area contributed by atoms with Gasteiger partial charge in [-0.05, 0) is 37.1 Å². The first-order chi connectivity index (χ1) is 7.53. The predicted molar refractivity (Wildman–Crippen MR) is 67.8 cm³/mol. The monoisotopic (exact) mass is 212 g/mol. The highest BCUT2D eigenvalue weighted by Gasteiger charge is 2.19. The molecule has 0 unspecified atom stereocenters. The van der Waals surface area contributed by atoms with Gasteiger partial charge in [0.15, 0.2) is 0 Å². The lowest BCUT2D eigenvalue weighted by molar-refractivity contribution is -0.111. The lowest BCUT2D eigenvalue weighted by Crippen LogP contribution is -2.18. The summed E-state index contributed by atoms with van der Waals surface area (Å²) in [6.07, 6.45) is 1.00. The molecule has 0 amide bonds. The van der Waals surface area contributed by atoms with Crippen molar-refractivity contribution in [3.63, 3.8) is 0 Å². The molecule has 0 saturated heterocycles. The molecule has 0 spiro atoms. The number of hydrogen-bond acceptors (Lipinski definition) is 1. The number of rotatable bonds is 2. The summed E-state index contributed by atoms with van der Waals surface area (Å²) >= 11 is 0. The van der Waals surface area contributed by atoms with Gasteiger partial charge in [0.2, 0.25) is 0 Å². The summed E-state index contributed by atoms with van der Waals surface area (Å²) < 4.78 is 0. The van der Waals surface area contributed by atoms with Gasteiger partial charge in [0, 0.05) is 5.41 Å². The van der Waals surface area contributed by atoms with Crippen molar-refractivity contribution < 1.29 is 4.79 Å². The molecule has 0 aliphatic heterocycles. The first kappa shape index (κ1) is 10.9. The smallest absolute Gasteiger partial charge is 0.129 e. The van der Waals surface area contributed by atoms with Crippen molar-refractivity contribution >= 4 is 17.1 Å². The summed E-state index contributed by atoms with van der Waals surface area (Å²) in [7, 11) is 0. The van der Waals surface area contributed by atoms with Crippen LogP contribution in [-0.2, 0) is 10.2 Å². The Kier molecular flexibility index (Phi) is 2.55. The molecular formula is C15H16O. The highest BCUT2D eigenvalue weighted by Crippen LogP contribution is 2.25. The molecule has 0 heterocycles. The standard InChI is InChI=1S/C15H16O/c1-11-4-5-13-9-14(15(2,3)10-16)7-6-12(13)8-11/h4-10H,1-3H3. The fourth-order valence-corrected chi connectivity index (χ4v) is 1.83. The van der Waals surface area contributed by atoms with Crippen LogP contribution < -0.4 is 0 Å². The van der Waals surface area contributed by atoms with E-state index in [0.717, 1.165) is 11.8 Å². The van der Waals surface area contributed by atoms with Crippen LogP contribution in [0.5, 0.6) is 0 Å². The van der Waals surface area contributed by atoms with Gasteiger partial charge in [-0.2, -0.15) is 0 Å². The Morgan fingerprint density at radius 3 is 2.31 bits per heavy atom. The Hall–Kier alpha value is -1.63. The second kappa shape index (κ2) is 3.75. The Morgan fingerprint density at radius 2 is 1.62 bits per heavy atom. The SMILES string of the molecule is Cc1ccc2cc(C(C)(C)C=O)ccc2c1. The second-order valence-electron chi connectivity index (χ2n) is 4.90. The maximum absolute atomic E-state index is 11.0. The van der Waals surface area contributed by atoms with Crippen LogP contribution in [0.1, 0.15) is 25.0 Å². The van der Waals surface area contributed by atoms with E-state index in [-0.39, 0.29) is 0 Å². The van der Waals surface area contributed by atoms with Gasteiger partial charge in [0.1, 0.15) is 6.29 Å². The van der Waals surface area contributed by atoms with Gasteiger partial charge < -0.3 is 4.79 Å². The lowest BCUT2D eigenvalue weighted by atomic mass is 9.85. The summed E-state index contributed by atoms with van der Waals surface area (Å²) in [6.45, 7) is 5.97. The first-order valence-electron chi connectivity index (χ1n) is 5.50. The van der Waals surface area contributed by atoms with Crippen molar-refractivity contribution in [2.24, 2.45) is 0 Å². The van der Waals surface area contributed by atoms with Crippen LogP contribution in [0.3, 0.4) is 0 Å². The largest absolute Gasteiger partial charge is 0.302 e. The lowest BCUT2D eigenvalue weighted by Gasteiger charge is -2.17. The molecule has 0 aliphatic rings. The number of carbonyl (C=O) groups is 1. The predicted octanol–water partition coefficient (Wildman–Crippen LogP) is 3.62. The van der Waals surface area contributed by atoms with E-state index in [1.54, 1.807) is 0 Å². The molecule has 0 aromatic heterocycles. The highest BCUT2D eigenvalue weighted by atomic mass is 16.1. The maximum Gasteiger partial charge on any atom is 0.129 e. The molecule has 0 atom stereocenters. The normalized spacial score (nSPS) is 11.7. The van der Waals surface area contributed by atoms with Crippen molar-refractivity contribution in [3.8, 4) is 0 Å². The fraction of sp³-hybridized carbons (Fsp3) is 0.267. The van der Waals surface area contributed by atoms with Crippen LogP contribution in [0, 0.1) is 6.92 Å². The molecule has 2 rings (SSSR count). The summed E-state index contributed by atoms with van der Waals surface area (Å²) in [5.74, 6) is 0. The van der Waals surface area contributed by atoms with Crippen molar-refractivity contribution in [3.05, 3.63) is 47.5 Å². The molecule has 16 heavy (non-hydrogen) atoms. The van der Waals surface area contributed by atoms with Crippen LogP contribution >= 0.6 is 0 Å². The van der Waals surface area contributed by atoms with E-state index in [2.05, 4.69) is 37.3 Å². The number of benzene rings is 2. The molecule has 1 heteroatoms. The third kappa shape index (κ3) is 1.85. The summed E-state index contributed by atoms with van der Waals surface area (Å²) in [5.41, 5.74) is 1.92.